The Bertz CT molecular complexity index is 1740. The van der Waals surface area contributed by atoms with Crippen molar-refractivity contribution in [1.82, 2.24) is 5.32 Å². The van der Waals surface area contributed by atoms with Crippen molar-refractivity contribution in [2.24, 2.45) is 5.73 Å². The van der Waals surface area contributed by atoms with E-state index in [1.54, 1.807) is 60.5 Å². The minimum Gasteiger partial charge on any atom is -0.496 e. The molecule has 5 rings (SSSR count). The lowest BCUT2D eigenvalue weighted by Gasteiger charge is -2.27. The summed E-state index contributed by atoms with van der Waals surface area (Å²) in [6, 6.07) is 21.2. The van der Waals surface area contributed by atoms with Gasteiger partial charge in [0.25, 0.3) is 11.8 Å². The van der Waals surface area contributed by atoms with E-state index in [9.17, 15) is 19.2 Å². The van der Waals surface area contributed by atoms with E-state index in [-0.39, 0.29) is 24.8 Å². The Balaban J connectivity index is 1.64. The summed E-state index contributed by atoms with van der Waals surface area (Å²) in [6.45, 7) is 2.97. The van der Waals surface area contributed by atoms with Gasteiger partial charge in [0.05, 0.1) is 37.6 Å². The zero-order valence-corrected chi connectivity index (χ0v) is 25.6. The SMILES string of the molecule is COc1ccc2cc(Br)ccc2c1CN1C(=O)[C@@H](NC(=O)[C@H](C)N)CN(C(=O)c2ccc(C(C)=O)cc2)c2ccccc21. The molecule has 4 aromatic carbocycles. The van der Waals surface area contributed by atoms with E-state index >= 15 is 0 Å². The maximum Gasteiger partial charge on any atom is 0.258 e. The number of ether oxygens (including phenoxy) is 1. The van der Waals surface area contributed by atoms with Crippen molar-refractivity contribution in [2.45, 2.75) is 32.5 Å². The third-order valence-corrected chi connectivity index (χ3v) is 7.99. The highest BCUT2D eigenvalue weighted by Gasteiger charge is 2.38. The summed E-state index contributed by atoms with van der Waals surface area (Å²) in [5.41, 5.74) is 8.43. The van der Waals surface area contributed by atoms with Crippen molar-refractivity contribution in [3.8, 4) is 5.75 Å². The van der Waals surface area contributed by atoms with Gasteiger partial charge in [0.2, 0.25) is 5.91 Å². The quantitative estimate of drug-likeness (QED) is 0.278. The number of rotatable bonds is 7. The number of carbonyl (C=O) groups is 4. The van der Waals surface area contributed by atoms with E-state index in [4.69, 9.17) is 10.5 Å². The number of Topliss-reactive ketones (excluding diaryl/α,β-unsaturated/α-hetero) is 1. The first-order valence-corrected chi connectivity index (χ1v) is 14.5. The highest BCUT2D eigenvalue weighted by Crippen LogP contribution is 2.38. The molecular formula is C33H31BrN4O5. The number of amides is 3. The third-order valence-electron chi connectivity index (χ3n) is 7.49. The molecule has 0 spiro atoms. The number of para-hydroxylation sites is 2. The van der Waals surface area contributed by atoms with Crippen LogP contribution in [0.3, 0.4) is 0 Å². The third kappa shape index (κ3) is 6.02. The number of ketones is 1. The maximum absolute atomic E-state index is 14.3. The second-order valence-corrected chi connectivity index (χ2v) is 11.3. The number of benzene rings is 4. The summed E-state index contributed by atoms with van der Waals surface area (Å²) in [5.74, 6) is -0.825. The van der Waals surface area contributed by atoms with Crippen LogP contribution in [0.2, 0.25) is 0 Å². The summed E-state index contributed by atoms with van der Waals surface area (Å²) in [5, 5.41) is 4.61. The van der Waals surface area contributed by atoms with Gasteiger partial charge in [-0.15, -0.1) is 0 Å². The Morgan fingerprint density at radius 3 is 2.33 bits per heavy atom. The van der Waals surface area contributed by atoms with Gasteiger partial charge in [0.1, 0.15) is 11.8 Å². The lowest BCUT2D eigenvalue weighted by atomic mass is 10.0. The molecule has 220 valence electrons. The fraction of sp³-hybridized carbons (Fsp3) is 0.212. The molecule has 1 aliphatic rings. The molecule has 3 N–H and O–H groups in total. The van der Waals surface area contributed by atoms with Crippen LogP contribution < -0.4 is 25.6 Å². The highest BCUT2D eigenvalue weighted by atomic mass is 79.9. The van der Waals surface area contributed by atoms with Crippen LogP contribution in [0.4, 0.5) is 11.4 Å². The first-order chi connectivity index (χ1) is 20.6. The normalized spacial score (nSPS) is 15.5. The number of nitrogens with one attached hydrogen (secondary N) is 1. The van der Waals surface area contributed by atoms with E-state index in [2.05, 4.69) is 21.2 Å². The van der Waals surface area contributed by atoms with Gasteiger partial charge in [0.15, 0.2) is 5.78 Å². The smallest absolute Gasteiger partial charge is 0.258 e. The van der Waals surface area contributed by atoms with Crippen LogP contribution in [-0.4, -0.2) is 49.2 Å². The molecule has 0 radical (unpaired) electrons. The molecule has 0 bridgehead atoms. The molecule has 0 saturated heterocycles. The predicted octanol–water partition coefficient (Wildman–Crippen LogP) is 4.84. The van der Waals surface area contributed by atoms with Gasteiger partial charge in [-0.1, -0.05) is 52.3 Å². The summed E-state index contributed by atoms with van der Waals surface area (Å²) in [4.78, 5) is 56.0. The van der Waals surface area contributed by atoms with E-state index < -0.39 is 23.9 Å². The molecule has 1 heterocycles. The minimum atomic E-state index is -1.10. The largest absolute Gasteiger partial charge is 0.496 e. The lowest BCUT2D eigenvalue weighted by Crippen LogP contribution is -2.55. The van der Waals surface area contributed by atoms with E-state index in [0.717, 1.165) is 20.8 Å². The average molecular weight is 644 g/mol. The summed E-state index contributed by atoms with van der Waals surface area (Å²) < 4.78 is 6.64. The first-order valence-electron chi connectivity index (χ1n) is 13.7. The van der Waals surface area contributed by atoms with Gasteiger partial charge < -0.3 is 25.6 Å². The zero-order valence-electron chi connectivity index (χ0n) is 24.0. The zero-order chi connectivity index (χ0) is 30.8. The second kappa shape index (κ2) is 12.4. The van der Waals surface area contributed by atoms with Crippen LogP contribution in [-0.2, 0) is 16.1 Å². The standard InChI is InChI=1S/C33H31BrN4O5/c1-19(35)31(40)36-27-18-38(32(41)22-10-8-21(9-11-22)20(2)39)29-7-5-4-6-28(29)37(33(27)42)17-26-25-14-13-24(34)16-23(25)12-15-30(26)43-3/h4-16,19,27H,17-18,35H2,1-3H3,(H,36,40)/t19-,27-/m0/s1. The fourth-order valence-corrected chi connectivity index (χ4v) is 5.59. The van der Waals surface area contributed by atoms with Gasteiger partial charge in [-0.25, -0.2) is 0 Å². The van der Waals surface area contributed by atoms with Gasteiger partial charge in [-0.2, -0.15) is 0 Å². The number of fused-ring (bicyclic) bond motifs is 2. The number of nitrogens with two attached hydrogens (primary N) is 1. The Morgan fingerprint density at radius 1 is 1.00 bits per heavy atom. The molecule has 0 saturated carbocycles. The molecule has 3 amide bonds. The molecule has 0 fully saturated rings. The molecule has 4 aromatic rings. The van der Waals surface area contributed by atoms with Gasteiger partial charge >= 0.3 is 0 Å². The lowest BCUT2D eigenvalue weighted by molar-refractivity contribution is -0.127. The maximum atomic E-state index is 14.3. The number of hydrogen-bond acceptors (Lipinski definition) is 6. The fourth-order valence-electron chi connectivity index (χ4n) is 5.21. The number of hydrogen-bond donors (Lipinski definition) is 2. The molecule has 0 aliphatic carbocycles. The predicted molar refractivity (Wildman–Crippen MR) is 170 cm³/mol. The van der Waals surface area contributed by atoms with Crippen molar-refractivity contribution in [2.75, 3.05) is 23.5 Å². The van der Waals surface area contributed by atoms with Crippen molar-refractivity contribution in [3.63, 3.8) is 0 Å². The van der Waals surface area contributed by atoms with Crippen molar-refractivity contribution >= 4 is 61.6 Å². The number of halogens is 1. The van der Waals surface area contributed by atoms with E-state index in [1.807, 2.05) is 30.3 Å². The molecule has 1 aliphatic heterocycles. The molecule has 2 atom stereocenters. The van der Waals surface area contributed by atoms with Gasteiger partial charge in [0, 0.05) is 21.2 Å². The van der Waals surface area contributed by atoms with Crippen LogP contribution in [0.25, 0.3) is 10.8 Å². The number of methoxy groups -OCH3 is 1. The van der Waals surface area contributed by atoms with Crippen molar-refractivity contribution in [3.05, 3.63) is 100 Å². The number of nitrogens with zero attached hydrogens (tertiary/aromatic N) is 2. The topological polar surface area (TPSA) is 122 Å². The highest BCUT2D eigenvalue weighted by molar-refractivity contribution is 9.10. The summed E-state index contributed by atoms with van der Waals surface area (Å²) >= 11 is 3.52. The van der Waals surface area contributed by atoms with Gasteiger partial charge in [-0.05, 0) is 67.1 Å². The van der Waals surface area contributed by atoms with Crippen LogP contribution in [0.1, 0.15) is 40.1 Å². The molecule has 0 unspecified atom stereocenters. The van der Waals surface area contributed by atoms with Gasteiger partial charge in [-0.3, -0.25) is 19.2 Å². The van der Waals surface area contributed by atoms with Crippen molar-refractivity contribution < 1.29 is 23.9 Å². The Hall–Kier alpha value is -4.54. The summed E-state index contributed by atoms with van der Waals surface area (Å²) in [6.07, 6.45) is 0. The molecule has 43 heavy (non-hydrogen) atoms. The number of anilines is 2. The monoisotopic (exact) mass is 642 g/mol. The average Bonchev–Trinajstić information content (AvgIpc) is 3.11. The number of carbonyl (C=O) groups excluding carboxylic acids is 4. The minimum absolute atomic E-state index is 0.109. The molecule has 0 aromatic heterocycles. The Morgan fingerprint density at radius 2 is 1.67 bits per heavy atom. The molecule has 10 heteroatoms. The Labute approximate surface area is 257 Å². The van der Waals surface area contributed by atoms with E-state index in [1.165, 1.54) is 18.7 Å². The molecular weight excluding hydrogens is 612 g/mol. The first kappa shape index (κ1) is 29.9. The van der Waals surface area contributed by atoms with Crippen LogP contribution >= 0.6 is 15.9 Å². The van der Waals surface area contributed by atoms with Crippen LogP contribution in [0.5, 0.6) is 5.75 Å². The molecule has 9 nitrogen and oxygen atoms in total. The van der Waals surface area contributed by atoms with Crippen LogP contribution in [0, 0.1) is 0 Å². The van der Waals surface area contributed by atoms with E-state index in [0.29, 0.717) is 28.3 Å². The summed E-state index contributed by atoms with van der Waals surface area (Å²) in [7, 11) is 1.57. The Kier molecular flexibility index (Phi) is 8.61. The second-order valence-electron chi connectivity index (χ2n) is 10.4. The van der Waals surface area contributed by atoms with Crippen molar-refractivity contribution in [1.29, 1.82) is 0 Å². The van der Waals surface area contributed by atoms with Crippen LogP contribution in [0.15, 0.2) is 83.3 Å².